The molecule has 6 nitrogen and oxygen atoms in total. The molecule has 1 N–H and O–H groups in total. The van der Waals surface area contributed by atoms with Gasteiger partial charge in [0, 0.05) is 18.7 Å². The maximum absolute atomic E-state index is 13.1. The van der Waals surface area contributed by atoms with Crippen LogP contribution in [0.3, 0.4) is 0 Å². The number of rotatable bonds is 7. The number of nitrogens with one attached hydrogen (secondary N) is 1. The summed E-state index contributed by atoms with van der Waals surface area (Å²) < 4.78 is 33.4. The van der Waals surface area contributed by atoms with Gasteiger partial charge < -0.3 is 10.1 Å². The molecule has 0 aliphatic carbocycles. The molecule has 162 valence electrons. The van der Waals surface area contributed by atoms with E-state index >= 15 is 0 Å². The van der Waals surface area contributed by atoms with Gasteiger partial charge in [0.2, 0.25) is 10.0 Å². The van der Waals surface area contributed by atoms with Crippen LogP contribution in [0.4, 0.5) is 0 Å². The number of benzene rings is 2. The first-order valence-corrected chi connectivity index (χ1v) is 11.8. The van der Waals surface area contributed by atoms with Crippen LogP contribution in [0.1, 0.15) is 47.7 Å². The molecule has 0 bridgehead atoms. The Balaban J connectivity index is 1.67. The third-order valence-corrected chi connectivity index (χ3v) is 7.32. The van der Waals surface area contributed by atoms with E-state index in [1.54, 1.807) is 19.1 Å². The molecule has 1 aliphatic rings. The van der Waals surface area contributed by atoms with Crippen molar-refractivity contribution in [2.75, 3.05) is 19.7 Å². The topological polar surface area (TPSA) is 75.7 Å². The van der Waals surface area contributed by atoms with Crippen molar-refractivity contribution in [1.82, 2.24) is 9.62 Å². The van der Waals surface area contributed by atoms with Crippen LogP contribution in [0.5, 0.6) is 5.75 Å². The van der Waals surface area contributed by atoms with Crippen LogP contribution in [0.15, 0.2) is 47.4 Å². The van der Waals surface area contributed by atoms with Gasteiger partial charge in [-0.1, -0.05) is 30.2 Å². The summed E-state index contributed by atoms with van der Waals surface area (Å²) in [7, 11) is -3.60. The zero-order valence-corrected chi connectivity index (χ0v) is 18.7. The second kappa shape index (κ2) is 9.62. The smallest absolute Gasteiger partial charge is 0.251 e. The summed E-state index contributed by atoms with van der Waals surface area (Å²) >= 11 is 0. The first kappa shape index (κ1) is 22.3. The van der Waals surface area contributed by atoms with Crippen LogP contribution < -0.4 is 10.1 Å². The molecule has 0 aromatic heterocycles. The second-order valence-corrected chi connectivity index (χ2v) is 9.85. The minimum absolute atomic E-state index is 0.209. The molecule has 1 fully saturated rings. The Morgan fingerprint density at radius 1 is 1.07 bits per heavy atom. The summed E-state index contributed by atoms with van der Waals surface area (Å²) in [6.45, 7) is 7.01. The van der Waals surface area contributed by atoms with E-state index in [9.17, 15) is 13.2 Å². The second-order valence-electron chi connectivity index (χ2n) is 7.94. The highest BCUT2D eigenvalue weighted by atomic mass is 32.2. The van der Waals surface area contributed by atoms with Crippen molar-refractivity contribution in [3.8, 4) is 5.75 Å². The Morgan fingerprint density at radius 2 is 1.73 bits per heavy atom. The number of piperidine rings is 1. The monoisotopic (exact) mass is 430 g/mol. The standard InChI is InChI=1S/C23H30N2O4S/c1-17-7-11-21(12-8-17)29-16-19(3)24-23(26)20-10-9-18(2)22(15-20)30(27,28)25-13-5-4-6-14-25/h7-12,15,19H,4-6,13-14,16H2,1-3H3,(H,24,26). The van der Waals surface area contributed by atoms with Gasteiger partial charge in [-0.05, 0) is 63.4 Å². The molecule has 1 saturated heterocycles. The molecule has 30 heavy (non-hydrogen) atoms. The average molecular weight is 431 g/mol. The Hall–Kier alpha value is -2.38. The number of hydrogen-bond acceptors (Lipinski definition) is 4. The van der Waals surface area contributed by atoms with Crippen LogP contribution in [-0.2, 0) is 10.0 Å². The minimum Gasteiger partial charge on any atom is -0.491 e. The summed E-state index contributed by atoms with van der Waals surface area (Å²) in [6.07, 6.45) is 2.80. The Labute approximate surface area is 179 Å². The lowest BCUT2D eigenvalue weighted by Crippen LogP contribution is -2.37. The summed E-state index contributed by atoms with van der Waals surface area (Å²) in [5.74, 6) is 0.428. The highest BCUT2D eigenvalue weighted by molar-refractivity contribution is 7.89. The number of nitrogens with zero attached hydrogens (tertiary/aromatic N) is 1. The van der Waals surface area contributed by atoms with Crippen molar-refractivity contribution in [1.29, 1.82) is 0 Å². The molecule has 2 aromatic carbocycles. The van der Waals surface area contributed by atoms with E-state index in [1.807, 2.05) is 38.1 Å². The molecule has 0 radical (unpaired) electrons. The maximum Gasteiger partial charge on any atom is 0.251 e. The number of hydrogen-bond donors (Lipinski definition) is 1. The van der Waals surface area contributed by atoms with E-state index in [0.29, 0.717) is 30.8 Å². The van der Waals surface area contributed by atoms with Crippen LogP contribution in [0.2, 0.25) is 0 Å². The molecule has 1 heterocycles. The largest absolute Gasteiger partial charge is 0.491 e. The van der Waals surface area contributed by atoms with E-state index in [2.05, 4.69) is 5.32 Å². The Morgan fingerprint density at radius 3 is 2.40 bits per heavy atom. The van der Waals surface area contributed by atoms with Gasteiger partial charge in [0.05, 0.1) is 10.9 Å². The minimum atomic E-state index is -3.60. The fraction of sp³-hybridized carbons (Fsp3) is 0.435. The van der Waals surface area contributed by atoms with Gasteiger partial charge in [-0.2, -0.15) is 4.31 Å². The third-order valence-electron chi connectivity index (χ3n) is 5.28. The summed E-state index contributed by atoms with van der Waals surface area (Å²) in [5, 5.41) is 2.88. The molecule has 1 amide bonds. The maximum atomic E-state index is 13.1. The SMILES string of the molecule is Cc1ccc(OCC(C)NC(=O)c2ccc(C)c(S(=O)(=O)N3CCCCC3)c2)cc1. The molecule has 1 unspecified atom stereocenters. The van der Waals surface area contributed by atoms with Gasteiger partial charge in [0.25, 0.3) is 5.91 Å². The van der Waals surface area contributed by atoms with Crippen molar-refractivity contribution in [3.63, 3.8) is 0 Å². The fourth-order valence-electron chi connectivity index (χ4n) is 3.47. The first-order valence-electron chi connectivity index (χ1n) is 10.4. The average Bonchev–Trinajstić information content (AvgIpc) is 2.74. The third kappa shape index (κ3) is 5.40. The molecular formula is C23H30N2O4S. The van der Waals surface area contributed by atoms with Gasteiger partial charge in [0.1, 0.15) is 12.4 Å². The van der Waals surface area contributed by atoms with E-state index in [1.165, 1.54) is 10.4 Å². The van der Waals surface area contributed by atoms with Crippen LogP contribution in [0.25, 0.3) is 0 Å². The van der Waals surface area contributed by atoms with Gasteiger partial charge in [-0.25, -0.2) is 8.42 Å². The highest BCUT2D eigenvalue weighted by Gasteiger charge is 2.28. The molecule has 7 heteroatoms. The zero-order chi connectivity index (χ0) is 21.7. The van der Waals surface area contributed by atoms with Gasteiger partial charge in [-0.15, -0.1) is 0 Å². The number of carbonyl (C=O) groups is 1. The normalized spacial score (nSPS) is 16.1. The number of aryl methyl sites for hydroxylation is 2. The van der Waals surface area contributed by atoms with E-state index < -0.39 is 10.0 Å². The van der Waals surface area contributed by atoms with Crippen LogP contribution in [0, 0.1) is 13.8 Å². The summed E-state index contributed by atoms with van der Waals surface area (Å²) in [4.78, 5) is 12.9. The molecule has 1 atom stereocenters. The molecule has 0 saturated carbocycles. The quantitative estimate of drug-likeness (QED) is 0.727. The highest BCUT2D eigenvalue weighted by Crippen LogP contribution is 2.24. The van der Waals surface area contributed by atoms with Gasteiger partial charge in [-0.3, -0.25) is 4.79 Å². The van der Waals surface area contributed by atoms with Crippen molar-refractivity contribution < 1.29 is 17.9 Å². The van der Waals surface area contributed by atoms with E-state index in [0.717, 1.165) is 30.6 Å². The first-order chi connectivity index (χ1) is 14.3. The Bertz CT molecular complexity index is 981. The van der Waals surface area contributed by atoms with E-state index in [-0.39, 0.29) is 16.8 Å². The fourth-order valence-corrected chi connectivity index (χ4v) is 5.24. The lowest BCUT2D eigenvalue weighted by Gasteiger charge is -2.26. The number of amides is 1. The molecule has 1 aliphatic heterocycles. The molecule has 2 aromatic rings. The van der Waals surface area contributed by atoms with Crippen molar-refractivity contribution >= 4 is 15.9 Å². The lowest BCUT2D eigenvalue weighted by atomic mass is 10.1. The predicted octanol–water partition coefficient (Wildman–Crippen LogP) is 3.68. The number of ether oxygens (including phenoxy) is 1. The van der Waals surface area contributed by atoms with Crippen LogP contribution >= 0.6 is 0 Å². The molecule has 3 rings (SSSR count). The van der Waals surface area contributed by atoms with Crippen molar-refractivity contribution in [3.05, 3.63) is 59.2 Å². The zero-order valence-electron chi connectivity index (χ0n) is 17.8. The van der Waals surface area contributed by atoms with E-state index in [4.69, 9.17) is 4.74 Å². The van der Waals surface area contributed by atoms with Crippen molar-refractivity contribution in [2.24, 2.45) is 0 Å². The molecule has 0 spiro atoms. The van der Waals surface area contributed by atoms with Crippen LogP contribution in [-0.4, -0.2) is 44.4 Å². The summed E-state index contributed by atoms with van der Waals surface area (Å²) in [5.41, 5.74) is 2.13. The number of carbonyl (C=O) groups excluding carboxylic acids is 1. The van der Waals surface area contributed by atoms with Gasteiger partial charge >= 0.3 is 0 Å². The van der Waals surface area contributed by atoms with Gasteiger partial charge in [0.15, 0.2) is 0 Å². The van der Waals surface area contributed by atoms with Crippen molar-refractivity contribution in [2.45, 2.75) is 51.0 Å². The predicted molar refractivity (Wildman–Crippen MR) is 117 cm³/mol. The molecular weight excluding hydrogens is 400 g/mol. The Kier molecular flexibility index (Phi) is 7.15. The lowest BCUT2D eigenvalue weighted by molar-refractivity contribution is 0.0926. The summed E-state index contributed by atoms with van der Waals surface area (Å²) in [6, 6.07) is 12.3. The number of sulfonamides is 1.